The highest BCUT2D eigenvalue weighted by Crippen LogP contribution is 2.34. The molecule has 0 aromatic heterocycles. The smallest absolute Gasteiger partial charge is 0.338 e. The van der Waals surface area contributed by atoms with Gasteiger partial charge in [-0.15, -0.1) is 0 Å². The van der Waals surface area contributed by atoms with Gasteiger partial charge in [0, 0.05) is 0 Å². The molecule has 0 spiro atoms. The number of anilines is 1. The van der Waals surface area contributed by atoms with Gasteiger partial charge in [-0.2, -0.15) is 10.1 Å². The van der Waals surface area contributed by atoms with E-state index in [-0.39, 0.29) is 29.5 Å². The minimum atomic E-state index is -2.33. The molecule has 38 heavy (non-hydrogen) atoms. The zero-order valence-electron chi connectivity index (χ0n) is 20.0. The minimum Gasteiger partial charge on any atom is -0.489 e. The van der Waals surface area contributed by atoms with Crippen LogP contribution in [0.25, 0.3) is 6.08 Å². The lowest BCUT2D eigenvalue weighted by molar-refractivity contribution is -0.114. The van der Waals surface area contributed by atoms with Gasteiger partial charge in [-0.3, -0.25) is 4.79 Å². The molecule has 4 rings (SSSR count). The Morgan fingerprint density at radius 2 is 1.58 bits per heavy atom. The fraction of sp³-hybridized carbons (Fsp3) is 0.148. The molecule has 0 saturated heterocycles. The Labute approximate surface area is 213 Å². The van der Waals surface area contributed by atoms with Crippen molar-refractivity contribution in [3.8, 4) is 5.75 Å². The molecule has 3 aromatic carbocycles. The summed E-state index contributed by atoms with van der Waals surface area (Å²) in [5.41, 5.74) is 0.0711. The second kappa shape index (κ2) is 10.8. The van der Waals surface area contributed by atoms with Crippen LogP contribution in [0.4, 0.5) is 27.6 Å². The molecule has 0 saturated carbocycles. The normalized spacial score (nSPS) is 14.2. The van der Waals surface area contributed by atoms with Crippen LogP contribution in [0, 0.1) is 29.1 Å². The van der Waals surface area contributed by atoms with Crippen molar-refractivity contribution in [2.75, 3.05) is 11.6 Å². The van der Waals surface area contributed by atoms with Crippen LogP contribution in [0.1, 0.15) is 35.3 Å². The van der Waals surface area contributed by atoms with Crippen molar-refractivity contribution in [2.45, 2.75) is 20.5 Å². The first kappa shape index (κ1) is 26.5. The molecule has 196 valence electrons. The summed E-state index contributed by atoms with van der Waals surface area (Å²) in [7, 11) is 0. The van der Waals surface area contributed by atoms with E-state index in [0.29, 0.717) is 16.9 Å². The number of hydrazone groups is 1. The molecule has 0 radical (unpaired) electrons. The standard InChI is InChI=1S/C27H19F5N2O4/c1-3-37-27(36)17-9-7-15(8-10-17)13-38-18-6-4-5-16(11-18)12-19-14(2)33-34(26(19)35)25-23(31)21(29)20(28)22(30)24(25)32/h4-12H,3,13H2,1-2H3/b19-12-. The van der Waals surface area contributed by atoms with E-state index in [2.05, 4.69) is 5.10 Å². The van der Waals surface area contributed by atoms with Gasteiger partial charge in [0.15, 0.2) is 23.3 Å². The van der Waals surface area contributed by atoms with Gasteiger partial charge in [0.2, 0.25) is 5.82 Å². The average molecular weight is 530 g/mol. The van der Waals surface area contributed by atoms with E-state index < -0.39 is 46.6 Å². The van der Waals surface area contributed by atoms with Crippen molar-refractivity contribution in [3.63, 3.8) is 0 Å². The number of nitrogens with zero attached hydrogens (tertiary/aromatic N) is 2. The SMILES string of the molecule is CCOC(=O)c1ccc(COc2cccc(/C=C3\C(=O)N(c4c(F)c(F)c(F)c(F)c4F)N=C3C)c2)cc1. The highest BCUT2D eigenvalue weighted by atomic mass is 19.2. The highest BCUT2D eigenvalue weighted by Gasteiger charge is 2.37. The molecule has 3 aromatic rings. The van der Waals surface area contributed by atoms with Crippen LogP contribution in [-0.4, -0.2) is 24.2 Å². The van der Waals surface area contributed by atoms with E-state index in [0.717, 1.165) is 5.56 Å². The zero-order chi connectivity index (χ0) is 27.6. The molecule has 6 nitrogen and oxygen atoms in total. The first-order chi connectivity index (χ1) is 18.1. The maximum atomic E-state index is 14.2. The van der Waals surface area contributed by atoms with Gasteiger partial charge >= 0.3 is 5.97 Å². The van der Waals surface area contributed by atoms with E-state index in [1.54, 1.807) is 55.5 Å². The van der Waals surface area contributed by atoms with Gasteiger partial charge < -0.3 is 9.47 Å². The summed E-state index contributed by atoms with van der Waals surface area (Å²) in [6.07, 6.45) is 1.36. The predicted molar refractivity (Wildman–Crippen MR) is 128 cm³/mol. The molecule has 0 aliphatic carbocycles. The van der Waals surface area contributed by atoms with E-state index in [1.165, 1.54) is 13.0 Å². The van der Waals surface area contributed by atoms with Gasteiger partial charge in [-0.1, -0.05) is 24.3 Å². The monoisotopic (exact) mass is 530 g/mol. The minimum absolute atomic E-state index is 0.00644. The molecular weight excluding hydrogens is 511 g/mol. The van der Waals surface area contributed by atoms with Crippen LogP contribution in [0.15, 0.2) is 59.2 Å². The van der Waals surface area contributed by atoms with Crippen LogP contribution < -0.4 is 9.75 Å². The number of halogens is 5. The lowest BCUT2D eigenvalue weighted by atomic mass is 10.1. The summed E-state index contributed by atoms with van der Waals surface area (Å²) in [6.45, 7) is 3.50. The van der Waals surface area contributed by atoms with Crippen LogP contribution in [-0.2, 0) is 16.1 Å². The molecule has 1 aliphatic rings. The molecule has 0 unspecified atom stereocenters. The number of ether oxygens (including phenoxy) is 2. The van der Waals surface area contributed by atoms with Crippen molar-refractivity contribution >= 4 is 29.4 Å². The number of benzene rings is 3. The fourth-order valence-electron chi connectivity index (χ4n) is 3.59. The summed E-state index contributed by atoms with van der Waals surface area (Å²) in [5, 5.41) is 3.86. The van der Waals surface area contributed by atoms with Crippen LogP contribution >= 0.6 is 0 Å². The van der Waals surface area contributed by atoms with Crippen LogP contribution in [0.2, 0.25) is 0 Å². The summed E-state index contributed by atoms with van der Waals surface area (Å²) < 4.78 is 79.9. The van der Waals surface area contributed by atoms with Crippen LogP contribution in [0.5, 0.6) is 5.75 Å². The Balaban J connectivity index is 1.52. The Bertz CT molecular complexity index is 1460. The van der Waals surface area contributed by atoms with Gasteiger partial charge in [0.05, 0.1) is 23.5 Å². The van der Waals surface area contributed by atoms with Crippen molar-refractivity contribution in [1.29, 1.82) is 0 Å². The summed E-state index contributed by atoms with van der Waals surface area (Å²) in [5.74, 6) is -12.1. The number of amides is 1. The molecule has 1 amide bonds. The number of rotatable bonds is 7. The number of carbonyl (C=O) groups is 2. The second-order valence-corrected chi connectivity index (χ2v) is 8.06. The maximum absolute atomic E-state index is 14.2. The first-order valence-electron chi connectivity index (χ1n) is 11.2. The molecule has 1 aliphatic heterocycles. The number of hydrogen-bond donors (Lipinski definition) is 0. The molecule has 0 fully saturated rings. The lowest BCUT2D eigenvalue weighted by Crippen LogP contribution is -2.25. The molecule has 11 heteroatoms. The van der Waals surface area contributed by atoms with Crippen molar-refractivity contribution < 1.29 is 41.0 Å². The summed E-state index contributed by atoms with van der Waals surface area (Å²) >= 11 is 0. The number of hydrogen-bond acceptors (Lipinski definition) is 5. The Hall–Kier alpha value is -4.54. The lowest BCUT2D eigenvalue weighted by Gasteiger charge is -2.15. The third kappa shape index (κ3) is 5.13. The summed E-state index contributed by atoms with van der Waals surface area (Å²) in [4.78, 5) is 24.6. The zero-order valence-corrected chi connectivity index (χ0v) is 20.0. The van der Waals surface area contributed by atoms with E-state index in [9.17, 15) is 31.5 Å². The maximum Gasteiger partial charge on any atom is 0.338 e. The average Bonchev–Trinajstić information content (AvgIpc) is 3.18. The summed E-state index contributed by atoms with van der Waals surface area (Å²) in [6, 6.07) is 13.2. The van der Waals surface area contributed by atoms with Gasteiger partial charge in [-0.05, 0) is 55.3 Å². The molecular formula is C27H19F5N2O4. The van der Waals surface area contributed by atoms with E-state index in [4.69, 9.17) is 9.47 Å². The third-order valence-corrected chi connectivity index (χ3v) is 5.50. The fourth-order valence-corrected chi connectivity index (χ4v) is 3.59. The van der Waals surface area contributed by atoms with Crippen molar-refractivity contribution in [3.05, 3.63) is 99.9 Å². The van der Waals surface area contributed by atoms with E-state index in [1.807, 2.05) is 0 Å². The molecule has 0 bridgehead atoms. The Morgan fingerprint density at radius 3 is 2.21 bits per heavy atom. The molecule has 0 atom stereocenters. The highest BCUT2D eigenvalue weighted by molar-refractivity contribution is 6.32. The quantitative estimate of drug-likeness (QED) is 0.125. The number of carbonyl (C=O) groups excluding carboxylic acids is 2. The van der Waals surface area contributed by atoms with Crippen molar-refractivity contribution in [2.24, 2.45) is 5.10 Å². The van der Waals surface area contributed by atoms with E-state index >= 15 is 0 Å². The third-order valence-electron chi connectivity index (χ3n) is 5.50. The largest absolute Gasteiger partial charge is 0.489 e. The predicted octanol–water partition coefficient (Wildman–Crippen LogP) is 5.94. The number of esters is 1. The Kier molecular flexibility index (Phi) is 7.56. The topological polar surface area (TPSA) is 68.2 Å². The second-order valence-electron chi connectivity index (χ2n) is 8.06. The van der Waals surface area contributed by atoms with Crippen molar-refractivity contribution in [1.82, 2.24) is 0 Å². The molecule has 1 heterocycles. The van der Waals surface area contributed by atoms with Gasteiger partial charge in [-0.25, -0.2) is 26.7 Å². The molecule has 0 N–H and O–H groups in total. The Morgan fingerprint density at radius 1 is 0.947 bits per heavy atom. The first-order valence-corrected chi connectivity index (χ1v) is 11.2. The van der Waals surface area contributed by atoms with Crippen LogP contribution in [0.3, 0.4) is 0 Å². The van der Waals surface area contributed by atoms with Gasteiger partial charge in [0.25, 0.3) is 5.91 Å². The van der Waals surface area contributed by atoms with Gasteiger partial charge in [0.1, 0.15) is 18.0 Å².